The van der Waals surface area contributed by atoms with Gasteiger partial charge in [-0.1, -0.05) is 0 Å². The average Bonchev–Trinajstić information content (AvgIpc) is 2.64. The van der Waals surface area contributed by atoms with Crippen LogP contribution in [0.5, 0.6) is 0 Å². The van der Waals surface area contributed by atoms with Crippen molar-refractivity contribution >= 4 is 5.78 Å². The lowest BCUT2D eigenvalue weighted by Crippen LogP contribution is -2.35. The second-order valence-electron chi connectivity index (χ2n) is 4.56. The second kappa shape index (κ2) is 4.53. The summed E-state index contributed by atoms with van der Waals surface area (Å²) in [5.74, 6) is -1.45. The summed E-state index contributed by atoms with van der Waals surface area (Å²) in [5.41, 5.74) is -0.438. The quantitative estimate of drug-likeness (QED) is 0.811. The van der Waals surface area contributed by atoms with Crippen molar-refractivity contribution in [2.75, 3.05) is 6.61 Å². The van der Waals surface area contributed by atoms with Crippen LogP contribution >= 0.6 is 0 Å². The number of ether oxygens (including phenoxy) is 1. The summed E-state index contributed by atoms with van der Waals surface area (Å²) in [6.45, 7) is 2.30. The Morgan fingerprint density at radius 3 is 2.53 bits per heavy atom. The van der Waals surface area contributed by atoms with Crippen molar-refractivity contribution in [3.05, 3.63) is 35.4 Å². The van der Waals surface area contributed by atoms with Crippen LogP contribution in [0.15, 0.2) is 18.2 Å². The first-order valence-corrected chi connectivity index (χ1v) is 5.62. The van der Waals surface area contributed by atoms with Crippen molar-refractivity contribution in [2.45, 2.75) is 31.8 Å². The van der Waals surface area contributed by atoms with E-state index < -0.39 is 17.2 Å². The molecule has 0 saturated carbocycles. The molecule has 1 aliphatic heterocycles. The summed E-state index contributed by atoms with van der Waals surface area (Å²) in [6, 6.07) is 3.15. The number of benzene rings is 1. The fourth-order valence-electron chi connectivity index (χ4n) is 2.08. The predicted octanol–water partition coefficient (Wildman–Crippen LogP) is 2.65. The number of halogens is 2. The Balaban J connectivity index is 2.12. The lowest BCUT2D eigenvalue weighted by atomic mass is 9.92. The van der Waals surface area contributed by atoms with Crippen LogP contribution in [0.3, 0.4) is 0 Å². The molecular formula is C13H14F2O2. The van der Waals surface area contributed by atoms with Crippen molar-refractivity contribution in [3.63, 3.8) is 0 Å². The first kappa shape index (κ1) is 12.2. The fraction of sp³-hybridized carbons (Fsp3) is 0.462. The molecule has 1 aliphatic rings. The van der Waals surface area contributed by atoms with Crippen LogP contribution in [0.2, 0.25) is 0 Å². The Kier molecular flexibility index (Phi) is 3.24. The van der Waals surface area contributed by atoms with Gasteiger partial charge >= 0.3 is 0 Å². The zero-order chi connectivity index (χ0) is 12.5. The van der Waals surface area contributed by atoms with Gasteiger partial charge in [0.25, 0.3) is 0 Å². The molecule has 1 aromatic carbocycles. The number of ketones is 1. The Morgan fingerprint density at radius 1 is 1.35 bits per heavy atom. The minimum atomic E-state index is -0.789. The number of hydrogen-bond donors (Lipinski definition) is 0. The molecule has 92 valence electrons. The molecule has 0 aliphatic carbocycles. The molecule has 1 fully saturated rings. The van der Waals surface area contributed by atoms with Gasteiger partial charge in [-0.05, 0) is 37.5 Å². The maximum absolute atomic E-state index is 13.0. The van der Waals surface area contributed by atoms with Gasteiger partial charge in [0, 0.05) is 19.1 Å². The van der Waals surface area contributed by atoms with Gasteiger partial charge in [-0.15, -0.1) is 0 Å². The van der Waals surface area contributed by atoms with Crippen LogP contribution in [0, 0.1) is 11.6 Å². The molecule has 4 heteroatoms. The molecule has 0 spiro atoms. The van der Waals surface area contributed by atoms with E-state index in [2.05, 4.69) is 0 Å². The molecule has 1 unspecified atom stereocenters. The van der Waals surface area contributed by atoms with Crippen LogP contribution in [-0.2, 0) is 16.0 Å². The molecule has 0 aromatic heterocycles. The SMILES string of the molecule is CC1(C(=O)Cc2cc(F)cc(F)c2)CCCO1. The summed E-state index contributed by atoms with van der Waals surface area (Å²) in [6.07, 6.45) is 1.52. The Morgan fingerprint density at radius 2 is 2.00 bits per heavy atom. The Labute approximate surface area is 98.6 Å². The first-order chi connectivity index (χ1) is 7.99. The van der Waals surface area contributed by atoms with Crippen LogP contribution < -0.4 is 0 Å². The predicted molar refractivity (Wildman–Crippen MR) is 58.7 cm³/mol. The topological polar surface area (TPSA) is 26.3 Å². The molecule has 17 heavy (non-hydrogen) atoms. The van der Waals surface area contributed by atoms with Crippen molar-refractivity contribution < 1.29 is 18.3 Å². The van der Waals surface area contributed by atoms with Gasteiger partial charge in [0.05, 0.1) is 0 Å². The summed E-state index contributed by atoms with van der Waals surface area (Å²) < 4.78 is 31.3. The third-order valence-electron chi connectivity index (χ3n) is 3.10. The zero-order valence-electron chi connectivity index (χ0n) is 9.63. The first-order valence-electron chi connectivity index (χ1n) is 5.62. The van der Waals surface area contributed by atoms with Gasteiger partial charge in [-0.25, -0.2) is 8.78 Å². The normalized spacial score (nSPS) is 23.9. The van der Waals surface area contributed by atoms with Gasteiger partial charge in [-0.3, -0.25) is 4.79 Å². The van der Waals surface area contributed by atoms with E-state index in [1.807, 2.05) is 0 Å². The zero-order valence-corrected chi connectivity index (χ0v) is 9.63. The lowest BCUT2D eigenvalue weighted by Gasteiger charge is -2.21. The number of carbonyl (C=O) groups is 1. The number of hydrogen-bond acceptors (Lipinski definition) is 2. The summed E-state index contributed by atoms with van der Waals surface area (Å²) in [4.78, 5) is 12.0. The van der Waals surface area contributed by atoms with E-state index in [-0.39, 0.29) is 12.2 Å². The van der Waals surface area contributed by atoms with Crippen LogP contribution in [0.1, 0.15) is 25.3 Å². The van der Waals surface area contributed by atoms with Crippen molar-refractivity contribution in [1.82, 2.24) is 0 Å². The largest absolute Gasteiger partial charge is 0.367 e. The van der Waals surface area contributed by atoms with E-state index >= 15 is 0 Å². The number of Topliss-reactive ketones (excluding diaryl/α,β-unsaturated/α-hetero) is 1. The molecule has 2 nitrogen and oxygen atoms in total. The number of carbonyl (C=O) groups excluding carboxylic acids is 1. The molecule has 0 N–H and O–H groups in total. The minimum absolute atomic E-state index is 0.00514. The van der Waals surface area contributed by atoms with E-state index in [1.165, 1.54) is 12.1 Å². The fourth-order valence-corrected chi connectivity index (χ4v) is 2.08. The molecule has 1 heterocycles. The molecule has 0 amide bonds. The van der Waals surface area contributed by atoms with Crippen molar-refractivity contribution in [2.24, 2.45) is 0 Å². The van der Waals surface area contributed by atoms with Gasteiger partial charge in [0.1, 0.15) is 17.2 Å². The number of rotatable bonds is 3. The average molecular weight is 240 g/mol. The highest BCUT2D eigenvalue weighted by Crippen LogP contribution is 2.27. The maximum Gasteiger partial charge on any atom is 0.168 e. The van der Waals surface area contributed by atoms with Gasteiger partial charge in [-0.2, -0.15) is 0 Å². The van der Waals surface area contributed by atoms with Crippen LogP contribution in [0.4, 0.5) is 8.78 Å². The molecular weight excluding hydrogens is 226 g/mol. The van der Waals surface area contributed by atoms with Gasteiger partial charge in [0.2, 0.25) is 0 Å². The third kappa shape index (κ3) is 2.69. The summed E-state index contributed by atoms with van der Waals surface area (Å²) >= 11 is 0. The van der Waals surface area contributed by atoms with E-state index in [0.717, 1.165) is 12.5 Å². The maximum atomic E-state index is 13.0. The molecule has 1 atom stereocenters. The summed E-state index contributed by atoms with van der Waals surface area (Å²) in [5, 5.41) is 0. The lowest BCUT2D eigenvalue weighted by molar-refractivity contribution is -0.136. The molecule has 1 saturated heterocycles. The van der Waals surface area contributed by atoms with Crippen molar-refractivity contribution in [1.29, 1.82) is 0 Å². The van der Waals surface area contributed by atoms with E-state index in [0.29, 0.717) is 18.6 Å². The molecule has 0 radical (unpaired) electrons. The molecule has 0 bridgehead atoms. The van der Waals surface area contributed by atoms with Gasteiger partial charge in [0.15, 0.2) is 5.78 Å². The van der Waals surface area contributed by atoms with E-state index in [4.69, 9.17) is 4.74 Å². The third-order valence-corrected chi connectivity index (χ3v) is 3.10. The minimum Gasteiger partial charge on any atom is -0.367 e. The Bertz CT molecular complexity index is 417. The highest BCUT2D eigenvalue weighted by atomic mass is 19.1. The van der Waals surface area contributed by atoms with E-state index in [1.54, 1.807) is 6.92 Å². The van der Waals surface area contributed by atoms with Crippen molar-refractivity contribution in [3.8, 4) is 0 Å². The summed E-state index contributed by atoms with van der Waals surface area (Å²) in [7, 11) is 0. The van der Waals surface area contributed by atoms with Gasteiger partial charge < -0.3 is 4.74 Å². The molecule has 1 aromatic rings. The standard InChI is InChI=1S/C13H14F2O2/c1-13(3-2-4-17-13)12(16)7-9-5-10(14)8-11(15)6-9/h5-6,8H,2-4,7H2,1H3. The monoisotopic (exact) mass is 240 g/mol. The highest BCUT2D eigenvalue weighted by Gasteiger charge is 2.37. The smallest absolute Gasteiger partial charge is 0.168 e. The second-order valence-corrected chi connectivity index (χ2v) is 4.56. The Hall–Kier alpha value is -1.29. The molecule has 2 rings (SSSR count). The van der Waals surface area contributed by atoms with Crippen LogP contribution in [-0.4, -0.2) is 18.0 Å². The highest BCUT2D eigenvalue weighted by molar-refractivity contribution is 5.89. The van der Waals surface area contributed by atoms with Crippen LogP contribution in [0.25, 0.3) is 0 Å². The van der Waals surface area contributed by atoms with E-state index in [9.17, 15) is 13.6 Å².